The summed E-state index contributed by atoms with van der Waals surface area (Å²) in [6.07, 6.45) is 6.15. The molecule has 0 aliphatic heterocycles. The predicted molar refractivity (Wildman–Crippen MR) is 111 cm³/mol. The highest BCUT2D eigenvalue weighted by Gasteiger charge is 2.42. The van der Waals surface area contributed by atoms with Crippen LogP contribution in [0.2, 0.25) is 0 Å². The second kappa shape index (κ2) is 9.22. The summed E-state index contributed by atoms with van der Waals surface area (Å²) < 4.78 is 0. The average Bonchev–Trinajstić information content (AvgIpc) is 3.07. The number of nitrogens with zero attached hydrogens (tertiary/aromatic N) is 3. The molecule has 29 heavy (non-hydrogen) atoms. The van der Waals surface area contributed by atoms with E-state index in [2.05, 4.69) is 15.3 Å². The summed E-state index contributed by atoms with van der Waals surface area (Å²) >= 11 is 0. The molecule has 2 aromatic heterocycles. The minimum atomic E-state index is -0.521. The highest BCUT2D eigenvalue weighted by molar-refractivity contribution is 5.54. The van der Waals surface area contributed by atoms with Crippen LogP contribution in [-0.4, -0.2) is 43.9 Å². The van der Waals surface area contributed by atoms with E-state index in [1.165, 1.54) is 0 Å². The molecule has 0 spiro atoms. The van der Waals surface area contributed by atoms with Crippen molar-refractivity contribution in [2.45, 2.75) is 31.5 Å². The first kappa shape index (κ1) is 19.6. The fourth-order valence-corrected chi connectivity index (χ4v) is 4.21. The number of rotatable bonds is 7. The topological polar surface area (TPSA) is 91.2 Å². The van der Waals surface area contributed by atoms with Crippen LogP contribution in [0, 0.1) is 11.8 Å². The van der Waals surface area contributed by atoms with E-state index < -0.39 is 6.10 Å². The fraction of sp³-hybridized carbons (Fsp3) is 0.348. The van der Waals surface area contributed by atoms with Crippen LogP contribution in [-0.2, 0) is 13.0 Å². The quantitative estimate of drug-likeness (QED) is 0.573. The van der Waals surface area contributed by atoms with Crippen molar-refractivity contribution in [2.75, 3.05) is 6.61 Å². The smallest absolute Gasteiger partial charge is 0.159 e. The lowest BCUT2D eigenvalue weighted by atomic mass is 9.88. The predicted octanol–water partition coefficient (Wildman–Crippen LogP) is 2.23. The SMILES string of the molecule is OC[C@@H]1[C@@H](Cc2ccnc(-c3ccccc3)n2)[C@H](NCc2cccnc2)C[C@H]1O. The van der Waals surface area contributed by atoms with Gasteiger partial charge in [0.25, 0.3) is 0 Å². The molecule has 3 aromatic rings. The minimum absolute atomic E-state index is 0.0342. The van der Waals surface area contributed by atoms with Gasteiger partial charge in [0.1, 0.15) is 0 Å². The molecular weight excluding hydrogens is 364 g/mol. The van der Waals surface area contributed by atoms with Gasteiger partial charge in [-0.25, -0.2) is 9.97 Å². The maximum atomic E-state index is 10.5. The van der Waals surface area contributed by atoms with Crippen molar-refractivity contribution in [3.8, 4) is 11.4 Å². The Balaban J connectivity index is 1.51. The largest absolute Gasteiger partial charge is 0.396 e. The summed E-state index contributed by atoms with van der Waals surface area (Å²) in [5.41, 5.74) is 3.00. The third kappa shape index (κ3) is 4.67. The van der Waals surface area contributed by atoms with Gasteiger partial charge in [-0.05, 0) is 36.5 Å². The Labute approximate surface area is 170 Å². The molecule has 0 unspecified atom stereocenters. The van der Waals surface area contributed by atoms with Gasteiger partial charge >= 0.3 is 0 Å². The molecule has 4 atom stereocenters. The van der Waals surface area contributed by atoms with Gasteiger partial charge in [-0.2, -0.15) is 0 Å². The van der Waals surface area contributed by atoms with Crippen LogP contribution in [0.1, 0.15) is 17.7 Å². The highest BCUT2D eigenvalue weighted by atomic mass is 16.3. The van der Waals surface area contributed by atoms with E-state index >= 15 is 0 Å². The van der Waals surface area contributed by atoms with Crippen molar-refractivity contribution < 1.29 is 10.2 Å². The molecule has 2 heterocycles. The second-order valence-electron chi connectivity index (χ2n) is 7.60. The number of benzene rings is 1. The Morgan fingerprint density at radius 1 is 1.00 bits per heavy atom. The summed E-state index contributed by atoms with van der Waals surface area (Å²) in [5, 5.41) is 23.9. The monoisotopic (exact) mass is 390 g/mol. The van der Waals surface area contributed by atoms with Crippen molar-refractivity contribution in [1.29, 1.82) is 0 Å². The van der Waals surface area contributed by atoms with E-state index in [-0.39, 0.29) is 24.5 Å². The van der Waals surface area contributed by atoms with Gasteiger partial charge in [0.15, 0.2) is 5.82 Å². The van der Waals surface area contributed by atoms with Crippen LogP contribution < -0.4 is 5.32 Å². The molecule has 1 saturated carbocycles. The molecule has 150 valence electrons. The zero-order valence-electron chi connectivity index (χ0n) is 16.2. The number of hydrogen-bond acceptors (Lipinski definition) is 6. The van der Waals surface area contributed by atoms with Gasteiger partial charge in [-0.3, -0.25) is 4.98 Å². The fourth-order valence-electron chi connectivity index (χ4n) is 4.21. The molecule has 0 saturated heterocycles. The molecule has 6 heteroatoms. The van der Waals surface area contributed by atoms with Crippen molar-refractivity contribution in [3.63, 3.8) is 0 Å². The summed E-state index contributed by atoms with van der Waals surface area (Å²) in [7, 11) is 0. The Hall–Kier alpha value is -2.67. The van der Waals surface area contributed by atoms with E-state index in [9.17, 15) is 10.2 Å². The van der Waals surface area contributed by atoms with E-state index in [1.54, 1.807) is 12.4 Å². The summed E-state index contributed by atoms with van der Waals surface area (Å²) in [6.45, 7) is 0.645. The Bertz CT molecular complexity index is 907. The molecule has 4 rings (SSSR count). The maximum Gasteiger partial charge on any atom is 0.159 e. The zero-order chi connectivity index (χ0) is 20.1. The molecule has 3 N–H and O–H groups in total. The number of aliphatic hydroxyl groups is 2. The lowest BCUT2D eigenvalue weighted by molar-refractivity contribution is 0.0716. The maximum absolute atomic E-state index is 10.5. The van der Waals surface area contributed by atoms with Gasteiger partial charge in [0.2, 0.25) is 0 Å². The van der Waals surface area contributed by atoms with Gasteiger partial charge in [-0.15, -0.1) is 0 Å². The molecule has 1 aliphatic carbocycles. The average molecular weight is 390 g/mol. The molecule has 1 aliphatic rings. The lowest BCUT2D eigenvalue weighted by Gasteiger charge is -2.25. The molecule has 1 fully saturated rings. The summed E-state index contributed by atoms with van der Waals surface area (Å²) in [4.78, 5) is 13.3. The zero-order valence-corrected chi connectivity index (χ0v) is 16.2. The molecule has 0 bridgehead atoms. The number of nitrogens with one attached hydrogen (secondary N) is 1. The van der Waals surface area contributed by atoms with Gasteiger partial charge in [0.05, 0.1) is 6.10 Å². The number of hydrogen-bond donors (Lipinski definition) is 3. The Morgan fingerprint density at radius 3 is 2.62 bits per heavy atom. The van der Waals surface area contributed by atoms with Crippen molar-refractivity contribution in [3.05, 3.63) is 78.4 Å². The summed E-state index contributed by atoms with van der Waals surface area (Å²) in [6, 6.07) is 15.9. The first-order chi connectivity index (χ1) is 14.2. The normalized spacial score (nSPS) is 23.9. The van der Waals surface area contributed by atoms with Crippen molar-refractivity contribution >= 4 is 0 Å². The molecule has 0 amide bonds. The van der Waals surface area contributed by atoms with Crippen LogP contribution in [0.4, 0.5) is 0 Å². The molecule has 6 nitrogen and oxygen atoms in total. The standard InChI is InChI=1S/C23H26N4O2/c28-15-20-19(21(12-22(20)29)26-14-16-5-4-9-24-13-16)11-18-8-10-25-23(27-18)17-6-2-1-3-7-17/h1-10,13,19-22,26,28-29H,11-12,14-15H2/t19-,20-,21-,22-/m1/s1. The van der Waals surface area contributed by atoms with E-state index in [4.69, 9.17) is 4.98 Å². The first-order valence-corrected chi connectivity index (χ1v) is 10.0. The first-order valence-electron chi connectivity index (χ1n) is 10.0. The highest BCUT2D eigenvalue weighted by Crippen LogP contribution is 2.35. The third-order valence-electron chi connectivity index (χ3n) is 5.75. The van der Waals surface area contributed by atoms with Gasteiger partial charge in [-0.1, -0.05) is 36.4 Å². The van der Waals surface area contributed by atoms with E-state index in [0.29, 0.717) is 25.2 Å². The third-order valence-corrected chi connectivity index (χ3v) is 5.75. The second-order valence-corrected chi connectivity index (χ2v) is 7.60. The molecule has 0 radical (unpaired) electrons. The number of aromatic nitrogens is 3. The molecular formula is C23H26N4O2. The number of pyridine rings is 1. The van der Waals surface area contributed by atoms with Crippen molar-refractivity contribution in [2.24, 2.45) is 11.8 Å². The Kier molecular flexibility index (Phi) is 6.24. The van der Waals surface area contributed by atoms with E-state index in [0.717, 1.165) is 16.8 Å². The van der Waals surface area contributed by atoms with Gasteiger partial charge < -0.3 is 15.5 Å². The van der Waals surface area contributed by atoms with Crippen LogP contribution in [0.25, 0.3) is 11.4 Å². The van der Waals surface area contributed by atoms with Gasteiger partial charge in [0, 0.05) is 55.0 Å². The van der Waals surface area contributed by atoms with Crippen LogP contribution in [0.5, 0.6) is 0 Å². The van der Waals surface area contributed by atoms with Crippen LogP contribution >= 0.6 is 0 Å². The minimum Gasteiger partial charge on any atom is -0.396 e. The summed E-state index contributed by atoms with van der Waals surface area (Å²) in [5.74, 6) is 0.615. The Morgan fingerprint density at radius 2 is 1.86 bits per heavy atom. The van der Waals surface area contributed by atoms with Crippen LogP contribution in [0.3, 0.4) is 0 Å². The van der Waals surface area contributed by atoms with Crippen LogP contribution in [0.15, 0.2) is 67.1 Å². The molecule has 1 aromatic carbocycles. The van der Waals surface area contributed by atoms with Crippen molar-refractivity contribution in [1.82, 2.24) is 20.3 Å². The number of aliphatic hydroxyl groups excluding tert-OH is 2. The van der Waals surface area contributed by atoms with E-state index in [1.807, 2.05) is 54.7 Å². The lowest BCUT2D eigenvalue weighted by Crippen LogP contribution is -2.36.